The summed E-state index contributed by atoms with van der Waals surface area (Å²) in [7, 11) is 1.67. The summed E-state index contributed by atoms with van der Waals surface area (Å²) in [4.78, 5) is 16.0. The average molecular weight is 230 g/mol. The molecule has 0 spiro atoms. The van der Waals surface area contributed by atoms with Crippen molar-refractivity contribution in [2.45, 2.75) is 13.8 Å². The molecular formula is C13H14N2O2. The number of benzene rings is 1. The summed E-state index contributed by atoms with van der Waals surface area (Å²) in [6.45, 7) is 3.75. The van der Waals surface area contributed by atoms with Crippen LogP contribution in [0.3, 0.4) is 0 Å². The van der Waals surface area contributed by atoms with Gasteiger partial charge in [0.1, 0.15) is 11.6 Å². The summed E-state index contributed by atoms with van der Waals surface area (Å²) >= 11 is 0. The number of nitrogens with zero attached hydrogens (tertiary/aromatic N) is 2. The predicted molar refractivity (Wildman–Crippen MR) is 65.5 cm³/mol. The summed E-state index contributed by atoms with van der Waals surface area (Å²) in [5, 5.41) is 0. The number of aromatic nitrogens is 2. The zero-order valence-electron chi connectivity index (χ0n) is 10.1. The zero-order valence-corrected chi connectivity index (χ0v) is 10.1. The van der Waals surface area contributed by atoms with Gasteiger partial charge >= 0.3 is 0 Å². The smallest absolute Gasteiger partial charge is 0.296 e. The highest BCUT2D eigenvalue weighted by Crippen LogP contribution is 2.18. The number of aryl methyl sites for hydroxylation is 2. The quantitative estimate of drug-likeness (QED) is 0.794. The van der Waals surface area contributed by atoms with E-state index in [0.717, 1.165) is 5.56 Å². The van der Waals surface area contributed by atoms with Crippen LogP contribution in [0.15, 0.2) is 35.3 Å². The standard InChI is InChI=1S/C13H14N2O2/c1-9-5-4-6-11(7-9)17-12-8-14-10(2)15(3)13(12)16/h4-8H,1-3H3. The van der Waals surface area contributed by atoms with Crippen LogP contribution in [-0.2, 0) is 7.05 Å². The number of ether oxygens (including phenoxy) is 1. The van der Waals surface area contributed by atoms with E-state index in [1.165, 1.54) is 10.8 Å². The predicted octanol–water partition coefficient (Wildman–Crippen LogP) is 2.19. The Morgan fingerprint density at radius 1 is 1.29 bits per heavy atom. The van der Waals surface area contributed by atoms with Gasteiger partial charge in [-0.1, -0.05) is 12.1 Å². The van der Waals surface area contributed by atoms with Gasteiger partial charge < -0.3 is 4.74 Å². The summed E-state index contributed by atoms with van der Waals surface area (Å²) in [5.41, 5.74) is 0.901. The minimum absolute atomic E-state index is 0.181. The molecular weight excluding hydrogens is 216 g/mol. The van der Waals surface area contributed by atoms with Gasteiger partial charge in [-0.25, -0.2) is 4.98 Å². The van der Waals surface area contributed by atoms with Crippen molar-refractivity contribution in [2.75, 3.05) is 0 Å². The maximum atomic E-state index is 11.9. The summed E-state index contributed by atoms with van der Waals surface area (Å²) in [6.07, 6.45) is 1.46. The number of rotatable bonds is 2. The normalized spacial score (nSPS) is 10.3. The lowest BCUT2D eigenvalue weighted by Crippen LogP contribution is -2.21. The second-order valence-corrected chi connectivity index (χ2v) is 3.95. The van der Waals surface area contributed by atoms with E-state index in [4.69, 9.17) is 4.74 Å². The van der Waals surface area contributed by atoms with Gasteiger partial charge in [0.2, 0.25) is 5.75 Å². The largest absolute Gasteiger partial charge is 0.450 e. The zero-order chi connectivity index (χ0) is 12.4. The Balaban J connectivity index is 2.37. The third kappa shape index (κ3) is 2.36. The van der Waals surface area contributed by atoms with Crippen LogP contribution in [0.2, 0.25) is 0 Å². The van der Waals surface area contributed by atoms with Gasteiger partial charge in [-0.3, -0.25) is 9.36 Å². The molecule has 0 aliphatic heterocycles. The topological polar surface area (TPSA) is 44.1 Å². The lowest BCUT2D eigenvalue weighted by molar-refractivity contribution is 0.463. The van der Waals surface area contributed by atoms with Crippen LogP contribution in [-0.4, -0.2) is 9.55 Å². The monoisotopic (exact) mass is 230 g/mol. The lowest BCUT2D eigenvalue weighted by Gasteiger charge is -2.08. The van der Waals surface area contributed by atoms with Gasteiger partial charge in [-0.15, -0.1) is 0 Å². The lowest BCUT2D eigenvalue weighted by atomic mass is 10.2. The highest BCUT2D eigenvalue weighted by molar-refractivity contribution is 5.31. The molecule has 0 N–H and O–H groups in total. The van der Waals surface area contributed by atoms with Crippen molar-refractivity contribution in [1.29, 1.82) is 0 Å². The molecule has 0 saturated carbocycles. The van der Waals surface area contributed by atoms with Crippen molar-refractivity contribution in [3.8, 4) is 11.5 Å². The van der Waals surface area contributed by atoms with Crippen LogP contribution < -0.4 is 10.3 Å². The second-order valence-electron chi connectivity index (χ2n) is 3.95. The summed E-state index contributed by atoms with van der Waals surface area (Å²) in [6, 6.07) is 7.54. The van der Waals surface area contributed by atoms with Crippen molar-refractivity contribution < 1.29 is 4.74 Å². The van der Waals surface area contributed by atoms with Crippen molar-refractivity contribution in [3.05, 3.63) is 52.2 Å². The maximum absolute atomic E-state index is 11.9. The fraction of sp³-hybridized carbons (Fsp3) is 0.231. The first-order valence-corrected chi connectivity index (χ1v) is 5.35. The minimum atomic E-state index is -0.181. The van der Waals surface area contributed by atoms with Crippen LogP contribution in [0.4, 0.5) is 0 Å². The first-order valence-electron chi connectivity index (χ1n) is 5.35. The molecule has 0 saturated heterocycles. The van der Waals surface area contributed by atoms with Crippen molar-refractivity contribution >= 4 is 0 Å². The molecule has 88 valence electrons. The van der Waals surface area contributed by atoms with E-state index in [2.05, 4.69) is 4.98 Å². The second kappa shape index (κ2) is 4.41. The molecule has 0 bridgehead atoms. The van der Waals surface area contributed by atoms with E-state index in [1.54, 1.807) is 14.0 Å². The molecule has 4 heteroatoms. The van der Waals surface area contributed by atoms with Crippen LogP contribution in [0.1, 0.15) is 11.4 Å². The third-order valence-corrected chi connectivity index (χ3v) is 2.59. The molecule has 0 aliphatic carbocycles. The van der Waals surface area contributed by atoms with Gasteiger partial charge in [0.25, 0.3) is 5.56 Å². The van der Waals surface area contributed by atoms with Crippen molar-refractivity contribution in [1.82, 2.24) is 9.55 Å². The van der Waals surface area contributed by atoms with Crippen LogP contribution in [0.25, 0.3) is 0 Å². The molecule has 1 heterocycles. The fourth-order valence-corrected chi connectivity index (χ4v) is 1.48. The molecule has 1 aromatic carbocycles. The third-order valence-electron chi connectivity index (χ3n) is 2.59. The maximum Gasteiger partial charge on any atom is 0.296 e. The van der Waals surface area contributed by atoms with Crippen molar-refractivity contribution in [2.24, 2.45) is 7.05 Å². The Morgan fingerprint density at radius 2 is 2.06 bits per heavy atom. The molecule has 2 aromatic rings. The van der Waals surface area contributed by atoms with Crippen LogP contribution in [0.5, 0.6) is 11.5 Å². The van der Waals surface area contributed by atoms with E-state index >= 15 is 0 Å². The summed E-state index contributed by atoms with van der Waals surface area (Å²) < 4.78 is 6.99. The van der Waals surface area contributed by atoms with Gasteiger partial charge in [-0.05, 0) is 31.5 Å². The van der Waals surface area contributed by atoms with E-state index in [1.807, 2.05) is 31.2 Å². The molecule has 0 amide bonds. The highest BCUT2D eigenvalue weighted by Gasteiger charge is 2.06. The fourth-order valence-electron chi connectivity index (χ4n) is 1.48. The van der Waals surface area contributed by atoms with E-state index in [9.17, 15) is 4.79 Å². The van der Waals surface area contributed by atoms with Crippen LogP contribution >= 0.6 is 0 Å². The number of hydrogen-bond donors (Lipinski definition) is 0. The first kappa shape index (κ1) is 11.4. The Hall–Kier alpha value is -2.10. The molecule has 4 nitrogen and oxygen atoms in total. The Labute approximate surface area is 99.5 Å². The Bertz CT molecular complexity index is 603. The van der Waals surface area contributed by atoms with E-state index < -0.39 is 0 Å². The molecule has 0 fully saturated rings. The minimum Gasteiger partial charge on any atom is -0.450 e. The number of hydrogen-bond acceptors (Lipinski definition) is 3. The van der Waals surface area contributed by atoms with Crippen molar-refractivity contribution in [3.63, 3.8) is 0 Å². The molecule has 0 radical (unpaired) electrons. The van der Waals surface area contributed by atoms with Crippen LogP contribution in [0, 0.1) is 13.8 Å². The highest BCUT2D eigenvalue weighted by atomic mass is 16.5. The average Bonchev–Trinajstić information content (AvgIpc) is 2.30. The molecule has 0 aliphatic rings. The van der Waals surface area contributed by atoms with Gasteiger partial charge in [0, 0.05) is 7.05 Å². The van der Waals surface area contributed by atoms with Gasteiger partial charge in [-0.2, -0.15) is 0 Å². The molecule has 1 aromatic heterocycles. The van der Waals surface area contributed by atoms with Gasteiger partial charge in [0.05, 0.1) is 6.20 Å². The van der Waals surface area contributed by atoms with Gasteiger partial charge in [0.15, 0.2) is 0 Å². The Morgan fingerprint density at radius 3 is 2.76 bits per heavy atom. The Kier molecular flexibility index (Phi) is 2.95. The SMILES string of the molecule is Cc1cccc(Oc2cnc(C)n(C)c2=O)c1. The first-order chi connectivity index (χ1) is 8.08. The molecule has 17 heavy (non-hydrogen) atoms. The molecule has 0 atom stereocenters. The molecule has 0 unspecified atom stereocenters. The van der Waals surface area contributed by atoms with E-state index in [0.29, 0.717) is 11.6 Å². The molecule has 2 rings (SSSR count). The van der Waals surface area contributed by atoms with E-state index in [-0.39, 0.29) is 11.3 Å². The summed E-state index contributed by atoms with van der Waals surface area (Å²) in [5.74, 6) is 1.54.